The third-order valence-corrected chi connectivity index (χ3v) is 5.97. The molecular formula is C21H21N7O4. The van der Waals surface area contributed by atoms with E-state index in [1.165, 1.54) is 17.2 Å². The molecular weight excluding hydrogens is 414 g/mol. The van der Waals surface area contributed by atoms with E-state index < -0.39 is 35.5 Å². The molecule has 1 saturated heterocycles. The van der Waals surface area contributed by atoms with Crippen molar-refractivity contribution in [3.05, 3.63) is 53.2 Å². The molecule has 0 atom stereocenters. The van der Waals surface area contributed by atoms with Crippen LogP contribution in [-0.4, -0.2) is 47.7 Å². The summed E-state index contributed by atoms with van der Waals surface area (Å²) in [5.74, 6) is -1.14. The minimum absolute atomic E-state index is 0.250. The highest BCUT2D eigenvalue weighted by molar-refractivity contribution is 6.08. The number of para-hydroxylation sites is 1. The molecule has 4 amide bonds. The van der Waals surface area contributed by atoms with Gasteiger partial charge in [0.15, 0.2) is 5.65 Å². The number of fused-ring (bicyclic) bond motifs is 1. The largest absolute Gasteiger partial charge is 0.344 e. The standard InChI is InChI=1S/C21H21N7O4/c29-16(25-28-19(31)21(24-20(28)32)9-5-2-6-10-21)12-26-13-22-17-15(18(26)30)11-23-27(17)14-7-3-1-4-8-14/h1,3-4,7-8,11,13H,2,5-6,9-10,12H2,(H,24,32)(H,25,29). The lowest BCUT2D eigenvalue weighted by molar-refractivity contribution is -0.140. The summed E-state index contributed by atoms with van der Waals surface area (Å²) in [6, 6.07) is 8.59. The maximum absolute atomic E-state index is 12.8. The Labute approximate surface area is 182 Å². The molecule has 11 heteroatoms. The van der Waals surface area contributed by atoms with E-state index in [0.29, 0.717) is 18.5 Å². The summed E-state index contributed by atoms with van der Waals surface area (Å²) in [6.45, 7) is -0.400. The van der Waals surface area contributed by atoms with Crippen LogP contribution in [0.3, 0.4) is 0 Å². The Bertz CT molecular complexity index is 1270. The van der Waals surface area contributed by atoms with Gasteiger partial charge in [-0.25, -0.2) is 14.5 Å². The van der Waals surface area contributed by atoms with Crippen molar-refractivity contribution in [2.45, 2.75) is 44.2 Å². The number of urea groups is 1. The summed E-state index contributed by atoms with van der Waals surface area (Å²) in [6.07, 6.45) is 6.44. The van der Waals surface area contributed by atoms with Crippen molar-refractivity contribution in [3.63, 3.8) is 0 Å². The van der Waals surface area contributed by atoms with Gasteiger partial charge in [-0.15, -0.1) is 0 Å². The average molecular weight is 435 g/mol. The molecule has 5 rings (SSSR count). The number of hydrogen-bond acceptors (Lipinski definition) is 6. The Hall–Kier alpha value is -4.02. The van der Waals surface area contributed by atoms with Crippen LogP contribution in [-0.2, 0) is 16.1 Å². The molecule has 1 aliphatic heterocycles. The minimum Gasteiger partial charge on any atom is -0.322 e. The first-order valence-corrected chi connectivity index (χ1v) is 10.4. The van der Waals surface area contributed by atoms with Gasteiger partial charge < -0.3 is 5.32 Å². The van der Waals surface area contributed by atoms with Crippen LogP contribution in [0.5, 0.6) is 0 Å². The fourth-order valence-corrected chi connectivity index (χ4v) is 4.35. The zero-order valence-electron chi connectivity index (χ0n) is 17.2. The first-order valence-electron chi connectivity index (χ1n) is 10.4. The molecule has 3 aromatic rings. The second kappa shape index (κ2) is 7.59. The molecule has 2 aromatic heterocycles. The highest BCUT2D eigenvalue weighted by Crippen LogP contribution is 2.32. The third kappa shape index (κ3) is 3.22. The second-order valence-corrected chi connectivity index (χ2v) is 8.06. The smallest absolute Gasteiger partial charge is 0.322 e. The molecule has 32 heavy (non-hydrogen) atoms. The lowest BCUT2D eigenvalue weighted by atomic mass is 9.82. The SMILES string of the molecule is O=C(Cn1cnc2c(cnn2-c2ccccc2)c1=O)NN1C(=O)NC2(CCCCC2)C1=O. The average Bonchev–Trinajstić information content (AvgIpc) is 3.33. The number of amides is 4. The topological polar surface area (TPSA) is 131 Å². The number of carbonyl (C=O) groups excluding carboxylic acids is 3. The molecule has 164 valence electrons. The summed E-state index contributed by atoms with van der Waals surface area (Å²) in [4.78, 5) is 54.8. The molecule has 0 radical (unpaired) electrons. The molecule has 1 aromatic carbocycles. The Morgan fingerprint density at radius 2 is 1.84 bits per heavy atom. The first-order chi connectivity index (χ1) is 15.5. The molecule has 0 unspecified atom stereocenters. The Kier molecular flexibility index (Phi) is 4.72. The number of hydrogen-bond donors (Lipinski definition) is 2. The van der Waals surface area contributed by atoms with Crippen molar-refractivity contribution in [3.8, 4) is 5.69 Å². The van der Waals surface area contributed by atoms with Gasteiger partial charge in [0.1, 0.15) is 23.8 Å². The summed E-state index contributed by atoms with van der Waals surface area (Å²) in [5, 5.41) is 7.93. The zero-order chi connectivity index (χ0) is 22.3. The van der Waals surface area contributed by atoms with E-state index in [1.54, 1.807) is 0 Å². The number of benzene rings is 1. The lowest BCUT2D eigenvalue weighted by Gasteiger charge is -2.30. The molecule has 3 heterocycles. The minimum atomic E-state index is -0.939. The fraction of sp³-hybridized carbons (Fsp3) is 0.333. The van der Waals surface area contributed by atoms with Crippen molar-refractivity contribution < 1.29 is 14.4 Å². The van der Waals surface area contributed by atoms with E-state index in [2.05, 4.69) is 20.8 Å². The molecule has 0 bridgehead atoms. The van der Waals surface area contributed by atoms with Gasteiger partial charge >= 0.3 is 6.03 Å². The number of nitrogens with one attached hydrogen (secondary N) is 2. The van der Waals surface area contributed by atoms with Gasteiger partial charge in [-0.1, -0.05) is 37.5 Å². The van der Waals surface area contributed by atoms with E-state index in [4.69, 9.17) is 0 Å². The van der Waals surface area contributed by atoms with Gasteiger partial charge in [0.05, 0.1) is 11.9 Å². The molecule has 1 aliphatic carbocycles. The second-order valence-electron chi connectivity index (χ2n) is 8.06. The first kappa shape index (κ1) is 19.9. The van der Waals surface area contributed by atoms with Gasteiger partial charge in [-0.05, 0) is 25.0 Å². The monoisotopic (exact) mass is 435 g/mol. The fourth-order valence-electron chi connectivity index (χ4n) is 4.35. The van der Waals surface area contributed by atoms with E-state index in [1.807, 2.05) is 30.3 Å². The number of hydrazine groups is 1. The molecule has 2 aliphatic rings. The molecule has 1 spiro atoms. The van der Waals surface area contributed by atoms with Crippen LogP contribution in [0.15, 0.2) is 47.7 Å². The number of nitrogens with zero attached hydrogens (tertiary/aromatic N) is 5. The van der Waals surface area contributed by atoms with E-state index in [-0.39, 0.29) is 5.39 Å². The van der Waals surface area contributed by atoms with E-state index in [9.17, 15) is 19.2 Å². The number of aromatic nitrogens is 4. The van der Waals surface area contributed by atoms with Crippen molar-refractivity contribution >= 4 is 28.9 Å². The molecule has 2 fully saturated rings. The lowest BCUT2D eigenvalue weighted by Crippen LogP contribution is -2.51. The van der Waals surface area contributed by atoms with Crippen LogP contribution in [0.1, 0.15) is 32.1 Å². The highest BCUT2D eigenvalue weighted by Gasteiger charge is 2.52. The van der Waals surface area contributed by atoms with E-state index in [0.717, 1.165) is 34.5 Å². The molecule has 1 saturated carbocycles. The Morgan fingerprint density at radius 1 is 1.09 bits per heavy atom. The number of imide groups is 1. The summed E-state index contributed by atoms with van der Waals surface area (Å²) in [7, 11) is 0. The van der Waals surface area contributed by atoms with Crippen molar-refractivity contribution in [2.75, 3.05) is 0 Å². The summed E-state index contributed by atoms with van der Waals surface area (Å²) < 4.78 is 2.65. The maximum atomic E-state index is 12.8. The number of carbonyl (C=O) groups is 3. The van der Waals surface area contributed by atoms with Crippen LogP contribution >= 0.6 is 0 Å². The van der Waals surface area contributed by atoms with Gasteiger partial charge in [0.25, 0.3) is 17.4 Å². The normalized spacial score (nSPS) is 17.7. The molecule has 11 nitrogen and oxygen atoms in total. The highest BCUT2D eigenvalue weighted by atomic mass is 16.2. The van der Waals surface area contributed by atoms with Crippen LogP contribution in [0.4, 0.5) is 4.79 Å². The van der Waals surface area contributed by atoms with Crippen molar-refractivity contribution in [1.82, 2.24) is 35.1 Å². The van der Waals surface area contributed by atoms with Crippen molar-refractivity contribution in [2.24, 2.45) is 0 Å². The zero-order valence-corrected chi connectivity index (χ0v) is 17.2. The molecule has 2 N–H and O–H groups in total. The van der Waals surface area contributed by atoms with Gasteiger partial charge in [0, 0.05) is 0 Å². The Morgan fingerprint density at radius 3 is 2.59 bits per heavy atom. The number of rotatable bonds is 4. The maximum Gasteiger partial charge on any atom is 0.344 e. The van der Waals surface area contributed by atoms with Gasteiger partial charge in [-0.3, -0.25) is 24.4 Å². The van der Waals surface area contributed by atoms with Crippen LogP contribution in [0, 0.1) is 0 Å². The quantitative estimate of drug-likeness (QED) is 0.585. The van der Waals surface area contributed by atoms with E-state index >= 15 is 0 Å². The summed E-state index contributed by atoms with van der Waals surface area (Å²) >= 11 is 0. The Balaban J connectivity index is 1.34. The predicted octanol–water partition coefficient (Wildman–Crippen LogP) is 0.868. The predicted molar refractivity (Wildman–Crippen MR) is 112 cm³/mol. The van der Waals surface area contributed by atoms with Crippen LogP contribution in [0.25, 0.3) is 16.7 Å². The van der Waals surface area contributed by atoms with Crippen LogP contribution in [0.2, 0.25) is 0 Å². The van der Waals surface area contributed by atoms with Crippen molar-refractivity contribution in [1.29, 1.82) is 0 Å². The van der Waals surface area contributed by atoms with Crippen LogP contribution < -0.4 is 16.3 Å². The summed E-state index contributed by atoms with van der Waals surface area (Å²) in [5.41, 5.74) is 2.06. The third-order valence-electron chi connectivity index (χ3n) is 5.97. The van der Waals surface area contributed by atoms with Gasteiger partial charge in [0.2, 0.25) is 0 Å². The van der Waals surface area contributed by atoms with Gasteiger partial charge in [-0.2, -0.15) is 10.1 Å².